The fourth-order valence-electron chi connectivity index (χ4n) is 4.74. The zero-order valence-corrected chi connectivity index (χ0v) is 20.9. The summed E-state index contributed by atoms with van der Waals surface area (Å²) >= 11 is 3.55. The van der Waals surface area contributed by atoms with Gasteiger partial charge < -0.3 is 20.2 Å². The van der Waals surface area contributed by atoms with Gasteiger partial charge in [-0.25, -0.2) is 0 Å². The van der Waals surface area contributed by atoms with Crippen LogP contribution in [0.2, 0.25) is 0 Å². The van der Waals surface area contributed by atoms with E-state index in [2.05, 4.69) is 86.2 Å². The summed E-state index contributed by atoms with van der Waals surface area (Å²) in [6, 6.07) is 15.0. The first-order valence-electron chi connectivity index (χ1n) is 11.5. The standard InChI is InChI=1S/C26H30BrN5O/c1-16-4-7-21-18(12-16)13-23(29-21)25-24(20-6-5-19(27)14-22(20)30-25)26(33)28-8-9-32-11-10-31(3)17(2)15-32/h4-7,12-14,17,29-30H,8-11,15H2,1-3H3,(H,28,33). The lowest BCUT2D eigenvalue weighted by Gasteiger charge is -2.37. The molecule has 1 saturated heterocycles. The van der Waals surface area contributed by atoms with Gasteiger partial charge in [-0.3, -0.25) is 9.69 Å². The Balaban J connectivity index is 1.43. The lowest BCUT2D eigenvalue weighted by Crippen LogP contribution is -2.51. The maximum atomic E-state index is 13.4. The highest BCUT2D eigenvalue weighted by Gasteiger charge is 2.23. The normalized spacial score (nSPS) is 17.8. The second-order valence-electron chi connectivity index (χ2n) is 9.22. The van der Waals surface area contributed by atoms with Crippen molar-refractivity contribution in [1.82, 2.24) is 25.1 Å². The topological polar surface area (TPSA) is 67.2 Å². The summed E-state index contributed by atoms with van der Waals surface area (Å²) in [6.07, 6.45) is 0. The Morgan fingerprint density at radius 2 is 1.97 bits per heavy atom. The van der Waals surface area contributed by atoms with E-state index in [0.717, 1.165) is 63.8 Å². The van der Waals surface area contributed by atoms with Crippen molar-refractivity contribution in [2.24, 2.45) is 0 Å². The molecule has 172 valence electrons. The van der Waals surface area contributed by atoms with Gasteiger partial charge in [0.1, 0.15) is 0 Å². The van der Waals surface area contributed by atoms with Crippen molar-refractivity contribution in [2.45, 2.75) is 19.9 Å². The van der Waals surface area contributed by atoms with Crippen LogP contribution < -0.4 is 5.32 Å². The molecule has 1 atom stereocenters. The SMILES string of the molecule is Cc1ccc2[nH]c(-c3[nH]c4cc(Br)ccc4c3C(=O)NCCN3CCN(C)C(C)C3)cc2c1. The van der Waals surface area contributed by atoms with Crippen molar-refractivity contribution in [1.29, 1.82) is 0 Å². The number of benzene rings is 2. The number of hydrogen-bond acceptors (Lipinski definition) is 3. The van der Waals surface area contributed by atoms with Crippen LogP contribution in [-0.2, 0) is 0 Å². The summed E-state index contributed by atoms with van der Waals surface area (Å²) in [5, 5.41) is 5.24. The van der Waals surface area contributed by atoms with Gasteiger partial charge in [0.25, 0.3) is 5.91 Å². The number of nitrogens with one attached hydrogen (secondary N) is 3. The van der Waals surface area contributed by atoms with Crippen LogP contribution in [0.25, 0.3) is 33.2 Å². The first-order valence-corrected chi connectivity index (χ1v) is 12.3. The number of H-pyrrole nitrogens is 2. The Bertz CT molecular complexity index is 1320. The van der Waals surface area contributed by atoms with E-state index in [9.17, 15) is 4.79 Å². The van der Waals surface area contributed by atoms with Gasteiger partial charge in [0.15, 0.2) is 0 Å². The molecular formula is C26H30BrN5O. The number of hydrogen-bond donors (Lipinski definition) is 3. The molecule has 33 heavy (non-hydrogen) atoms. The van der Waals surface area contributed by atoms with Crippen molar-refractivity contribution in [2.75, 3.05) is 39.8 Å². The fraction of sp³-hybridized carbons (Fsp3) is 0.346. The first kappa shape index (κ1) is 22.2. The molecule has 0 saturated carbocycles. The van der Waals surface area contributed by atoms with Crippen LogP contribution in [0.15, 0.2) is 46.9 Å². The van der Waals surface area contributed by atoms with Crippen molar-refractivity contribution in [3.05, 3.63) is 58.1 Å². The highest BCUT2D eigenvalue weighted by molar-refractivity contribution is 9.10. The molecule has 0 spiro atoms. The van der Waals surface area contributed by atoms with Crippen LogP contribution >= 0.6 is 15.9 Å². The van der Waals surface area contributed by atoms with Gasteiger partial charge in [-0.05, 0) is 51.2 Å². The Morgan fingerprint density at radius 1 is 1.12 bits per heavy atom. The van der Waals surface area contributed by atoms with Crippen molar-refractivity contribution in [3.63, 3.8) is 0 Å². The number of aromatic nitrogens is 2. The molecular weight excluding hydrogens is 478 g/mol. The molecule has 1 aliphatic heterocycles. The van der Waals surface area contributed by atoms with E-state index in [1.165, 1.54) is 5.56 Å². The number of nitrogens with zero attached hydrogens (tertiary/aromatic N) is 2. The Labute approximate surface area is 202 Å². The van der Waals surface area contributed by atoms with Gasteiger partial charge in [-0.1, -0.05) is 33.6 Å². The van der Waals surface area contributed by atoms with E-state index in [1.54, 1.807) is 0 Å². The van der Waals surface area contributed by atoms with Crippen LogP contribution in [0.3, 0.4) is 0 Å². The number of carbonyl (C=O) groups is 1. The van der Waals surface area contributed by atoms with Crippen LogP contribution in [-0.4, -0.2) is 71.5 Å². The summed E-state index contributed by atoms with van der Waals surface area (Å²) in [7, 11) is 2.17. The monoisotopic (exact) mass is 507 g/mol. The van der Waals surface area contributed by atoms with Gasteiger partial charge in [-0.2, -0.15) is 0 Å². The molecule has 7 heteroatoms. The minimum absolute atomic E-state index is 0.0458. The molecule has 2 aromatic heterocycles. The molecule has 6 nitrogen and oxygen atoms in total. The summed E-state index contributed by atoms with van der Waals surface area (Å²) in [5.41, 5.74) is 5.64. The van der Waals surface area contributed by atoms with E-state index in [4.69, 9.17) is 0 Å². The number of aromatic amines is 2. The zero-order valence-electron chi connectivity index (χ0n) is 19.3. The van der Waals surface area contributed by atoms with E-state index >= 15 is 0 Å². The average Bonchev–Trinajstić information content (AvgIpc) is 3.36. The van der Waals surface area contributed by atoms with Gasteiger partial charge in [0.05, 0.1) is 17.0 Å². The largest absolute Gasteiger partial charge is 0.353 e. The maximum absolute atomic E-state index is 13.4. The molecule has 0 aliphatic carbocycles. The third-order valence-corrected chi connectivity index (χ3v) is 7.28. The van der Waals surface area contributed by atoms with Crippen molar-refractivity contribution in [3.8, 4) is 11.4 Å². The fourth-order valence-corrected chi connectivity index (χ4v) is 5.10. The zero-order chi connectivity index (χ0) is 23.1. The molecule has 0 radical (unpaired) electrons. The molecule has 2 aromatic carbocycles. The number of halogens is 1. The Kier molecular flexibility index (Phi) is 6.03. The number of fused-ring (bicyclic) bond motifs is 2. The predicted octanol–water partition coefficient (Wildman–Crippen LogP) is 4.75. The number of amides is 1. The Hall–Kier alpha value is -2.61. The smallest absolute Gasteiger partial charge is 0.254 e. The van der Waals surface area contributed by atoms with E-state index < -0.39 is 0 Å². The highest BCUT2D eigenvalue weighted by Crippen LogP contribution is 2.33. The summed E-state index contributed by atoms with van der Waals surface area (Å²) < 4.78 is 0.978. The third kappa shape index (κ3) is 4.45. The second-order valence-corrected chi connectivity index (χ2v) is 10.1. The predicted molar refractivity (Wildman–Crippen MR) is 139 cm³/mol. The quantitative estimate of drug-likeness (QED) is 0.365. The third-order valence-electron chi connectivity index (χ3n) is 6.79. The van der Waals surface area contributed by atoms with E-state index in [-0.39, 0.29) is 5.91 Å². The second kappa shape index (κ2) is 8.97. The minimum Gasteiger partial charge on any atom is -0.353 e. The van der Waals surface area contributed by atoms with E-state index in [1.807, 2.05) is 18.2 Å². The number of likely N-dealkylation sites (N-methyl/N-ethyl adjacent to an activating group) is 1. The molecule has 3 heterocycles. The average molecular weight is 508 g/mol. The lowest BCUT2D eigenvalue weighted by atomic mass is 10.1. The molecule has 5 rings (SSSR count). The summed E-state index contributed by atoms with van der Waals surface area (Å²) in [5.74, 6) is -0.0458. The number of carbonyl (C=O) groups excluding carboxylic acids is 1. The molecule has 1 aliphatic rings. The summed E-state index contributed by atoms with van der Waals surface area (Å²) in [6.45, 7) is 8.97. The van der Waals surface area contributed by atoms with E-state index in [0.29, 0.717) is 18.2 Å². The highest BCUT2D eigenvalue weighted by atomic mass is 79.9. The van der Waals surface area contributed by atoms with Gasteiger partial charge >= 0.3 is 0 Å². The molecule has 1 unspecified atom stereocenters. The van der Waals surface area contributed by atoms with Gasteiger partial charge in [-0.15, -0.1) is 0 Å². The summed E-state index contributed by atoms with van der Waals surface area (Å²) in [4.78, 5) is 25.2. The molecule has 1 fully saturated rings. The maximum Gasteiger partial charge on any atom is 0.254 e. The Morgan fingerprint density at radius 3 is 2.79 bits per heavy atom. The van der Waals surface area contributed by atoms with Crippen molar-refractivity contribution < 1.29 is 4.79 Å². The molecule has 4 aromatic rings. The van der Waals surface area contributed by atoms with Gasteiger partial charge in [0, 0.05) is 65.0 Å². The van der Waals surface area contributed by atoms with Gasteiger partial charge in [0.2, 0.25) is 0 Å². The molecule has 0 bridgehead atoms. The number of piperazine rings is 1. The van der Waals surface area contributed by atoms with Crippen molar-refractivity contribution >= 4 is 43.6 Å². The molecule has 1 amide bonds. The van der Waals surface area contributed by atoms with Crippen LogP contribution in [0.5, 0.6) is 0 Å². The van der Waals surface area contributed by atoms with Crippen LogP contribution in [0, 0.1) is 6.92 Å². The number of rotatable bonds is 5. The number of aryl methyl sites for hydroxylation is 1. The minimum atomic E-state index is -0.0458. The first-order chi connectivity index (χ1) is 15.9. The molecule has 3 N–H and O–H groups in total. The van der Waals surface area contributed by atoms with Crippen LogP contribution in [0.4, 0.5) is 0 Å². The van der Waals surface area contributed by atoms with Crippen LogP contribution in [0.1, 0.15) is 22.8 Å². The lowest BCUT2D eigenvalue weighted by molar-refractivity contribution is 0.0913.